The summed E-state index contributed by atoms with van der Waals surface area (Å²) in [6.45, 7) is 0. The first-order chi connectivity index (χ1) is 9.10. The van der Waals surface area contributed by atoms with Gasteiger partial charge in [0, 0.05) is 17.8 Å². The number of methoxy groups -OCH3 is 1. The van der Waals surface area contributed by atoms with Gasteiger partial charge in [-0.25, -0.2) is 0 Å². The molecule has 2 rings (SSSR count). The first kappa shape index (κ1) is 12.6. The van der Waals surface area contributed by atoms with Gasteiger partial charge >= 0.3 is 0 Å². The minimum atomic E-state index is -0.649. The Hall–Kier alpha value is -2.83. The van der Waals surface area contributed by atoms with Crippen molar-refractivity contribution in [1.82, 2.24) is 10.2 Å². The van der Waals surface area contributed by atoms with E-state index in [1.54, 1.807) is 18.2 Å². The topological polar surface area (TPSA) is 113 Å². The van der Waals surface area contributed by atoms with E-state index in [4.69, 9.17) is 20.9 Å². The van der Waals surface area contributed by atoms with Crippen LogP contribution in [0.1, 0.15) is 10.5 Å². The van der Waals surface area contributed by atoms with Crippen LogP contribution in [0, 0.1) is 0 Å². The van der Waals surface area contributed by atoms with Gasteiger partial charge in [0.2, 0.25) is 5.88 Å². The van der Waals surface area contributed by atoms with Gasteiger partial charge in [-0.05, 0) is 18.2 Å². The van der Waals surface area contributed by atoms with Crippen molar-refractivity contribution in [1.29, 1.82) is 0 Å². The number of benzene rings is 1. The lowest BCUT2D eigenvalue weighted by Gasteiger charge is -2.09. The summed E-state index contributed by atoms with van der Waals surface area (Å²) in [6, 6.07) is 7.86. The molecule has 0 aliphatic carbocycles. The first-order valence-electron chi connectivity index (χ1n) is 5.35. The van der Waals surface area contributed by atoms with Crippen molar-refractivity contribution in [3.63, 3.8) is 0 Å². The van der Waals surface area contributed by atoms with E-state index in [0.717, 1.165) is 0 Å². The molecule has 0 radical (unpaired) electrons. The van der Waals surface area contributed by atoms with Crippen LogP contribution in [-0.2, 0) is 0 Å². The summed E-state index contributed by atoms with van der Waals surface area (Å²) >= 11 is 0. The number of hydrogen-bond acceptors (Lipinski definition) is 6. The van der Waals surface area contributed by atoms with Crippen LogP contribution in [0.5, 0.6) is 17.4 Å². The second-order valence-corrected chi connectivity index (χ2v) is 3.63. The van der Waals surface area contributed by atoms with Crippen LogP contribution >= 0.6 is 0 Å². The fraction of sp³-hybridized carbons (Fsp3) is 0.0833. The van der Waals surface area contributed by atoms with E-state index in [9.17, 15) is 4.79 Å². The number of nitrogens with two attached hydrogens (primary N) is 2. The largest absolute Gasteiger partial charge is 0.493 e. The number of nitrogen functional groups attached to an aromatic ring is 1. The van der Waals surface area contributed by atoms with E-state index in [0.29, 0.717) is 17.2 Å². The molecule has 7 heteroatoms. The molecule has 0 bridgehead atoms. The van der Waals surface area contributed by atoms with Crippen LogP contribution in [0.15, 0.2) is 30.3 Å². The number of anilines is 1. The van der Waals surface area contributed by atoms with E-state index < -0.39 is 5.91 Å². The molecule has 1 aromatic heterocycles. The van der Waals surface area contributed by atoms with Crippen molar-refractivity contribution in [2.24, 2.45) is 5.73 Å². The van der Waals surface area contributed by atoms with E-state index >= 15 is 0 Å². The fourth-order valence-corrected chi connectivity index (χ4v) is 1.39. The lowest BCUT2D eigenvalue weighted by Crippen LogP contribution is -2.13. The first-order valence-corrected chi connectivity index (χ1v) is 5.35. The minimum absolute atomic E-state index is 0.0663. The average molecular weight is 260 g/mol. The number of hydrogen-bond donors (Lipinski definition) is 2. The highest BCUT2D eigenvalue weighted by molar-refractivity contribution is 5.90. The summed E-state index contributed by atoms with van der Waals surface area (Å²) in [6.07, 6.45) is 0. The molecule has 1 amide bonds. The van der Waals surface area contributed by atoms with Crippen LogP contribution < -0.4 is 20.9 Å². The molecular formula is C12H12N4O3. The van der Waals surface area contributed by atoms with Crippen molar-refractivity contribution in [2.75, 3.05) is 12.8 Å². The Kier molecular flexibility index (Phi) is 3.46. The third kappa shape index (κ3) is 2.89. The number of ether oxygens (including phenoxy) is 2. The Balaban J connectivity index is 2.23. The van der Waals surface area contributed by atoms with E-state index in [1.807, 2.05) is 0 Å². The molecular weight excluding hydrogens is 248 g/mol. The van der Waals surface area contributed by atoms with Crippen molar-refractivity contribution in [2.45, 2.75) is 0 Å². The number of primary amides is 1. The molecule has 7 nitrogen and oxygen atoms in total. The Morgan fingerprint density at radius 3 is 2.53 bits per heavy atom. The van der Waals surface area contributed by atoms with Gasteiger partial charge in [-0.3, -0.25) is 4.79 Å². The number of carbonyl (C=O) groups excluding carboxylic acids is 1. The van der Waals surface area contributed by atoms with Gasteiger partial charge in [-0.2, -0.15) is 0 Å². The molecule has 2 aromatic rings. The third-order valence-corrected chi connectivity index (χ3v) is 2.29. The van der Waals surface area contributed by atoms with Crippen LogP contribution in [0.3, 0.4) is 0 Å². The van der Waals surface area contributed by atoms with Crippen molar-refractivity contribution < 1.29 is 14.3 Å². The number of nitrogens with zero attached hydrogens (tertiary/aromatic N) is 2. The smallest absolute Gasteiger partial charge is 0.269 e. The van der Waals surface area contributed by atoms with E-state index in [2.05, 4.69) is 10.2 Å². The molecule has 0 atom stereocenters. The predicted octanol–water partition coefficient (Wildman–Crippen LogP) is 0.959. The van der Waals surface area contributed by atoms with Crippen molar-refractivity contribution in [3.8, 4) is 17.4 Å². The molecule has 0 saturated heterocycles. The van der Waals surface area contributed by atoms with Gasteiger partial charge in [0.05, 0.1) is 7.11 Å². The second kappa shape index (κ2) is 5.21. The number of amides is 1. The molecule has 0 spiro atoms. The van der Waals surface area contributed by atoms with Gasteiger partial charge in [-0.1, -0.05) is 0 Å². The van der Waals surface area contributed by atoms with E-state index in [-0.39, 0.29) is 11.6 Å². The minimum Gasteiger partial charge on any atom is -0.493 e. The van der Waals surface area contributed by atoms with Gasteiger partial charge in [0.15, 0.2) is 17.2 Å². The summed E-state index contributed by atoms with van der Waals surface area (Å²) in [5, 5.41) is 7.37. The van der Waals surface area contributed by atoms with Gasteiger partial charge in [0.1, 0.15) is 0 Å². The molecule has 0 aliphatic heterocycles. The van der Waals surface area contributed by atoms with Gasteiger partial charge < -0.3 is 20.9 Å². The van der Waals surface area contributed by atoms with Crippen LogP contribution in [0.2, 0.25) is 0 Å². The third-order valence-electron chi connectivity index (χ3n) is 2.29. The number of rotatable bonds is 4. The number of aromatic nitrogens is 2. The summed E-state index contributed by atoms with van der Waals surface area (Å²) < 4.78 is 10.6. The maximum atomic E-state index is 10.9. The summed E-state index contributed by atoms with van der Waals surface area (Å²) in [5.74, 6) is 0.482. The van der Waals surface area contributed by atoms with Crippen molar-refractivity contribution in [3.05, 3.63) is 36.0 Å². The second-order valence-electron chi connectivity index (χ2n) is 3.63. The highest BCUT2D eigenvalue weighted by atomic mass is 16.5. The Morgan fingerprint density at radius 2 is 1.95 bits per heavy atom. The molecule has 1 heterocycles. The normalized spacial score (nSPS) is 9.95. The number of carbonyl (C=O) groups is 1. The Bertz CT molecular complexity index is 598. The van der Waals surface area contributed by atoms with Gasteiger partial charge in [-0.15, -0.1) is 10.2 Å². The molecule has 98 valence electrons. The average Bonchev–Trinajstić information content (AvgIpc) is 2.41. The molecule has 0 aliphatic rings. The molecule has 19 heavy (non-hydrogen) atoms. The quantitative estimate of drug-likeness (QED) is 0.791. The van der Waals surface area contributed by atoms with Crippen molar-refractivity contribution >= 4 is 11.6 Å². The van der Waals surface area contributed by atoms with Crippen LogP contribution in [-0.4, -0.2) is 23.2 Å². The molecule has 0 saturated carbocycles. The summed E-state index contributed by atoms with van der Waals surface area (Å²) in [7, 11) is 1.50. The SMILES string of the molecule is COc1cc(N)ccc1Oc1ccc(C(N)=O)nn1. The molecule has 0 fully saturated rings. The zero-order chi connectivity index (χ0) is 13.8. The molecule has 4 N–H and O–H groups in total. The summed E-state index contributed by atoms with van der Waals surface area (Å²) in [5.41, 5.74) is 11.3. The molecule has 0 unspecified atom stereocenters. The standard InChI is InChI=1S/C12H12N4O3/c1-18-10-6-7(13)2-4-9(10)19-11-5-3-8(12(14)17)15-16-11/h2-6H,13H2,1H3,(H2,14,17). The zero-order valence-corrected chi connectivity index (χ0v) is 10.2. The maximum absolute atomic E-state index is 10.9. The predicted molar refractivity (Wildman–Crippen MR) is 68.0 cm³/mol. The fourth-order valence-electron chi connectivity index (χ4n) is 1.39. The lowest BCUT2D eigenvalue weighted by molar-refractivity contribution is 0.0994. The van der Waals surface area contributed by atoms with Crippen LogP contribution in [0.4, 0.5) is 5.69 Å². The summed E-state index contributed by atoms with van der Waals surface area (Å²) in [4.78, 5) is 10.9. The molecule has 1 aromatic carbocycles. The Morgan fingerprint density at radius 1 is 1.16 bits per heavy atom. The Labute approximate surface area is 109 Å². The zero-order valence-electron chi connectivity index (χ0n) is 10.2. The maximum Gasteiger partial charge on any atom is 0.269 e. The lowest BCUT2D eigenvalue weighted by atomic mass is 10.3. The highest BCUT2D eigenvalue weighted by Gasteiger charge is 2.08. The highest BCUT2D eigenvalue weighted by Crippen LogP contribution is 2.31. The van der Waals surface area contributed by atoms with Crippen LogP contribution in [0.25, 0.3) is 0 Å². The van der Waals surface area contributed by atoms with Gasteiger partial charge in [0.25, 0.3) is 5.91 Å². The van der Waals surface area contributed by atoms with E-state index in [1.165, 1.54) is 19.2 Å². The monoisotopic (exact) mass is 260 g/mol.